The van der Waals surface area contributed by atoms with Crippen LogP contribution < -0.4 is 16.7 Å². The molecule has 18 aromatic carbocycles. The van der Waals surface area contributed by atoms with Gasteiger partial charge in [0.15, 0.2) is 0 Å². The number of aromatic nitrogens is 6. The van der Waals surface area contributed by atoms with Crippen LogP contribution >= 0.6 is 0 Å². The van der Waals surface area contributed by atoms with E-state index in [1.54, 1.807) is 16.5 Å². The summed E-state index contributed by atoms with van der Waals surface area (Å²) in [7, 11) is 2.83. The van der Waals surface area contributed by atoms with Gasteiger partial charge in [0, 0.05) is 84.4 Å². The van der Waals surface area contributed by atoms with Crippen molar-refractivity contribution in [2.75, 3.05) is 14.1 Å². The van der Waals surface area contributed by atoms with Gasteiger partial charge in [0.25, 0.3) is 16.7 Å². The van der Waals surface area contributed by atoms with Crippen molar-refractivity contribution >= 4 is 115 Å². The second kappa shape index (κ2) is 38.0. The van der Waals surface area contributed by atoms with Gasteiger partial charge < -0.3 is 9.69 Å². The normalized spacial score (nSPS) is 10.9. The van der Waals surface area contributed by atoms with Gasteiger partial charge in [-0.3, -0.25) is 27.6 Å². The zero-order valence-electron chi connectivity index (χ0n) is 76.3. The predicted octanol–water partition coefficient (Wildman–Crippen LogP) is 29.3. The van der Waals surface area contributed by atoms with E-state index >= 15 is 0 Å². The fourth-order valence-corrected chi connectivity index (χ4v) is 19.4. The van der Waals surface area contributed by atoms with Crippen LogP contribution in [0.25, 0.3) is 225 Å². The van der Waals surface area contributed by atoms with Crippen molar-refractivity contribution < 1.29 is 0 Å². The average molecular weight is 1760 g/mol. The summed E-state index contributed by atoms with van der Waals surface area (Å²) in [4.78, 5) is 64.3. The van der Waals surface area contributed by atoms with Crippen molar-refractivity contribution in [2.45, 2.75) is 48.5 Å². The van der Waals surface area contributed by atoms with Crippen LogP contribution in [0.4, 0.5) is 0 Å². The van der Waals surface area contributed by atoms with E-state index in [-0.39, 0.29) is 16.7 Å². The van der Waals surface area contributed by atoms with E-state index in [0.29, 0.717) is 38.7 Å². The van der Waals surface area contributed by atoms with Gasteiger partial charge in [-0.25, -0.2) is 28.1 Å². The Morgan fingerprint density at radius 1 is 0.265 bits per heavy atom. The van der Waals surface area contributed by atoms with Crippen LogP contribution in [0.15, 0.2) is 378 Å². The number of rotatable bonds is 9. The van der Waals surface area contributed by atoms with E-state index < -0.39 is 0 Å². The standard InChI is InChI=1S/C42H31N3O.2C36H22N2O.4C2H3N/c1-23-12-14-28(15-13-23)31-18-19-33-39-32(17-16-29(22-43)38(31)39)41-44-40-34(37-26(4)10-7-11-27(37)5)20-30(21-35(40)45(41)42(33)46)36-24(2)8-6-9-25(36)3;39-36-30-18-10-17-28-27(24-13-6-2-7-14-24)19-20-29(33(28)30)35-37-34-31(25-15-8-3-9-16-25)21-26(22-32(34)38(35)36)23-11-4-1-5-12-23;39-36-30-20-19-27(24-13-6-2-7-14-24)28-17-10-18-29(33(28)30)35-37-34-31(25-15-8-3-9-16-25)21-26(22-32(34)38(35)36)23-11-4-1-5-12-23;2*1-3-2;2*1-2-3/h6-21H,1-5H3;2*1-22H;4*1H3. The van der Waals surface area contributed by atoms with Crippen LogP contribution in [0.3, 0.4) is 0 Å². The Hall–Kier alpha value is -18.4. The molecule has 24 rings (SSSR count). The zero-order chi connectivity index (χ0) is 94.5. The first kappa shape index (κ1) is 88.3. The molecule has 0 saturated heterocycles. The maximum absolute atomic E-state index is 14.7. The molecule has 0 saturated carbocycles. The van der Waals surface area contributed by atoms with Crippen molar-refractivity contribution in [1.82, 2.24) is 28.2 Å². The molecule has 0 N–H and O–H groups in total. The van der Waals surface area contributed by atoms with Crippen LogP contribution in [0.5, 0.6) is 0 Å². The summed E-state index contributed by atoms with van der Waals surface area (Å²) >= 11 is 0. The van der Waals surface area contributed by atoms with Crippen LogP contribution in [-0.4, -0.2) is 42.2 Å². The fourth-order valence-electron chi connectivity index (χ4n) is 19.4. The van der Waals surface area contributed by atoms with E-state index in [1.807, 2.05) is 160 Å². The highest BCUT2D eigenvalue weighted by atomic mass is 16.1. The van der Waals surface area contributed by atoms with E-state index in [0.717, 1.165) is 193 Å². The Morgan fingerprint density at radius 3 is 0.956 bits per heavy atom. The smallest absolute Gasteiger partial charge is 0.264 e. The van der Waals surface area contributed by atoms with Gasteiger partial charge in [0.2, 0.25) is 14.1 Å². The zero-order valence-corrected chi connectivity index (χ0v) is 76.3. The molecule has 648 valence electrons. The third-order valence-corrected chi connectivity index (χ3v) is 25.1. The molecule has 0 spiro atoms. The summed E-state index contributed by atoms with van der Waals surface area (Å²) in [6.45, 7) is 25.1. The van der Waals surface area contributed by atoms with E-state index in [1.165, 1.54) is 44.6 Å². The molecular weight excluding hydrogens is 1670 g/mol. The van der Waals surface area contributed by atoms with Gasteiger partial charge in [-0.2, -0.15) is 15.8 Å². The summed E-state index contributed by atoms with van der Waals surface area (Å²) in [5, 5.41) is 35.3. The van der Waals surface area contributed by atoms with Crippen molar-refractivity contribution in [3.63, 3.8) is 0 Å². The molecule has 136 heavy (non-hydrogen) atoms. The van der Waals surface area contributed by atoms with Crippen molar-refractivity contribution in [2.24, 2.45) is 0 Å². The fraction of sp³-hybridized carbons (Fsp3) is 0.0738. The SMILES string of the molecule is CC#N.CC#N.Cc1ccc(-c2ccc3c(=O)n4c5cc(-c6c(C)cccc6C)cc(-c6c(C)cccc6C)c5nc4c4ccc(C#N)c2c34)cc1.O=c1c2ccc(-c3ccccc3)c3cccc(c32)c2nc3c(-c4ccccc4)cc(-c4ccccc4)cc3n12.O=c1c2cccc3c(-c4ccccc4)ccc(c32)c2nc3c(-c4ccccc4)cc(-c4ccccc4)cc3n12.[C-]#[N+]C.[C-]#[N+]C. The Balaban J connectivity index is 0.000000129. The topological polar surface area (TPSA) is 183 Å². The van der Waals surface area contributed by atoms with Crippen molar-refractivity contribution in [3.8, 4) is 118 Å². The molecule has 6 heterocycles. The summed E-state index contributed by atoms with van der Waals surface area (Å²) in [6, 6.07) is 130. The molecule has 24 aromatic rings. The first-order valence-corrected chi connectivity index (χ1v) is 44.6. The molecule has 0 fully saturated rings. The third kappa shape index (κ3) is 15.8. The molecule has 14 heteroatoms. The van der Waals surface area contributed by atoms with Crippen LogP contribution in [0, 0.1) is 81.8 Å². The molecule has 0 bridgehead atoms. The molecule has 14 nitrogen and oxygen atoms in total. The lowest BCUT2D eigenvalue weighted by Gasteiger charge is -2.15. The van der Waals surface area contributed by atoms with E-state index in [4.69, 9.17) is 38.6 Å². The number of nitrogens with zero attached hydrogens (tertiary/aromatic N) is 11. The Kier molecular flexibility index (Phi) is 24.6. The highest BCUT2D eigenvalue weighted by Gasteiger charge is 2.28. The van der Waals surface area contributed by atoms with Crippen LogP contribution in [0.1, 0.15) is 47.2 Å². The highest BCUT2D eigenvalue weighted by molar-refractivity contribution is 6.24. The Morgan fingerprint density at radius 2 is 0.551 bits per heavy atom. The van der Waals surface area contributed by atoms with E-state index in [2.05, 4.69) is 263 Å². The quantitative estimate of drug-likeness (QED) is 0.127. The molecule has 0 atom stereocenters. The molecule has 6 aromatic heterocycles. The number of aryl methyl sites for hydroxylation is 5. The molecular formula is C122H87N11O3. The number of fused-ring (bicyclic) bond motifs is 12. The summed E-state index contributed by atoms with van der Waals surface area (Å²) in [5.74, 6) is 0. The van der Waals surface area contributed by atoms with Gasteiger partial charge in [-0.15, -0.1) is 0 Å². The van der Waals surface area contributed by atoms with Gasteiger partial charge in [0.1, 0.15) is 16.9 Å². The second-order valence-corrected chi connectivity index (χ2v) is 33.4. The second-order valence-electron chi connectivity index (χ2n) is 33.4. The average Bonchev–Trinajstić information content (AvgIpc) is 1.51. The molecule has 0 aliphatic rings. The largest absolute Gasteiger partial charge is 0.320 e. The van der Waals surface area contributed by atoms with Crippen LogP contribution in [0.2, 0.25) is 0 Å². The number of benzene rings is 18. The lowest BCUT2D eigenvalue weighted by molar-refractivity contribution is 1.19. The molecule has 0 aliphatic carbocycles. The third-order valence-electron chi connectivity index (χ3n) is 25.1. The maximum Gasteiger partial charge on any atom is 0.264 e. The number of imidazole rings is 3. The minimum Gasteiger partial charge on any atom is -0.320 e. The maximum atomic E-state index is 14.7. The Labute approximate surface area is 785 Å². The number of nitriles is 3. The van der Waals surface area contributed by atoms with Gasteiger partial charge >= 0.3 is 0 Å². The van der Waals surface area contributed by atoms with Gasteiger partial charge in [0.05, 0.1) is 56.9 Å². The van der Waals surface area contributed by atoms with Crippen molar-refractivity contribution in [3.05, 3.63) is 451 Å². The molecule has 0 aliphatic heterocycles. The minimum absolute atomic E-state index is 0.0416. The van der Waals surface area contributed by atoms with Crippen molar-refractivity contribution in [1.29, 1.82) is 15.8 Å². The predicted molar refractivity (Wildman–Crippen MR) is 560 cm³/mol. The number of hydrogen-bond donors (Lipinski definition) is 0. The lowest BCUT2D eigenvalue weighted by atomic mass is 9.89. The molecule has 0 unspecified atom stereocenters. The van der Waals surface area contributed by atoms with E-state index in [9.17, 15) is 19.6 Å². The molecule has 0 radical (unpaired) electrons. The number of hydrogen-bond acceptors (Lipinski definition) is 9. The Bertz CT molecular complexity index is 8830. The number of pyridine rings is 3. The highest BCUT2D eigenvalue weighted by Crippen LogP contribution is 2.46. The van der Waals surface area contributed by atoms with Gasteiger partial charge in [-0.1, -0.05) is 297 Å². The monoisotopic (exact) mass is 1750 g/mol. The van der Waals surface area contributed by atoms with Crippen LogP contribution in [-0.2, 0) is 0 Å². The first-order chi connectivity index (χ1) is 66.5. The molecule has 0 amide bonds. The van der Waals surface area contributed by atoms with Gasteiger partial charge in [-0.05, 0) is 224 Å². The summed E-state index contributed by atoms with van der Waals surface area (Å²) in [6.07, 6.45) is 0. The lowest BCUT2D eigenvalue weighted by Crippen LogP contribution is -2.13. The summed E-state index contributed by atoms with van der Waals surface area (Å²) in [5.41, 5.74) is 32.3. The minimum atomic E-state index is -0.133. The summed E-state index contributed by atoms with van der Waals surface area (Å²) < 4.78 is 5.42. The first-order valence-electron chi connectivity index (χ1n) is 44.6.